The lowest BCUT2D eigenvalue weighted by molar-refractivity contribution is 0.410. The maximum Gasteiger partial charge on any atom is 0.137 e. The second kappa shape index (κ2) is 5.56. The first-order valence-electron chi connectivity index (χ1n) is 5.50. The van der Waals surface area contributed by atoms with Gasteiger partial charge >= 0.3 is 0 Å². The lowest BCUT2D eigenvalue weighted by Gasteiger charge is -2.12. The minimum absolute atomic E-state index is 0.0696. The van der Waals surface area contributed by atoms with Crippen molar-refractivity contribution in [2.24, 2.45) is 0 Å². The molecule has 2 N–H and O–H groups in total. The zero-order chi connectivity index (χ0) is 14.0. The zero-order valence-electron chi connectivity index (χ0n) is 10.5. The zero-order valence-corrected chi connectivity index (χ0v) is 12.6. The molecule has 0 heterocycles. The van der Waals surface area contributed by atoms with Crippen molar-refractivity contribution < 1.29 is 19.7 Å². The number of hydrogen-bond acceptors (Lipinski definition) is 4. The lowest BCUT2D eigenvalue weighted by Crippen LogP contribution is -1.90. The normalized spacial score (nSPS) is 10.3. The summed E-state index contributed by atoms with van der Waals surface area (Å²) in [6.45, 7) is 0. The molecule has 0 aromatic heterocycles. The molecule has 2 aromatic rings. The van der Waals surface area contributed by atoms with Crippen LogP contribution < -0.4 is 9.47 Å². The summed E-state index contributed by atoms with van der Waals surface area (Å²) in [6, 6.07) is 8.24. The summed E-state index contributed by atoms with van der Waals surface area (Å²) in [7, 11) is 3.10. The molecule has 0 atom stereocenters. The number of phenols is 2. The van der Waals surface area contributed by atoms with Gasteiger partial charge in [0.15, 0.2) is 0 Å². The number of phenolic OH excluding ortho intramolecular Hbond substituents is 2. The first-order valence-corrected chi connectivity index (χ1v) is 6.58. The van der Waals surface area contributed by atoms with Crippen LogP contribution in [-0.2, 0) is 0 Å². The molecule has 2 rings (SSSR count). The molecule has 0 aliphatic rings. The van der Waals surface area contributed by atoms with E-state index in [0.29, 0.717) is 26.2 Å². The molecule has 0 fully saturated rings. The van der Waals surface area contributed by atoms with Gasteiger partial charge in [0.2, 0.25) is 0 Å². The number of halogens is 1. The monoisotopic (exact) mass is 372 g/mol. The highest BCUT2D eigenvalue weighted by molar-refractivity contribution is 14.1. The molecular weight excluding hydrogens is 359 g/mol. The van der Waals surface area contributed by atoms with Crippen molar-refractivity contribution in [1.29, 1.82) is 0 Å². The van der Waals surface area contributed by atoms with Crippen LogP contribution in [0.2, 0.25) is 0 Å². The van der Waals surface area contributed by atoms with E-state index in [-0.39, 0.29) is 11.5 Å². The minimum Gasteiger partial charge on any atom is -0.507 e. The Balaban J connectivity index is 2.67. The third kappa shape index (κ3) is 2.70. The molecule has 0 saturated heterocycles. The summed E-state index contributed by atoms with van der Waals surface area (Å²) in [5, 5.41) is 20.1. The van der Waals surface area contributed by atoms with E-state index < -0.39 is 0 Å². The number of hydrogen-bond donors (Lipinski definition) is 2. The van der Waals surface area contributed by atoms with Crippen molar-refractivity contribution in [2.45, 2.75) is 0 Å². The first kappa shape index (κ1) is 13.8. The molecule has 0 aliphatic carbocycles. The van der Waals surface area contributed by atoms with Gasteiger partial charge in [-0.05, 0) is 52.9 Å². The molecule has 19 heavy (non-hydrogen) atoms. The molecule has 2 aromatic carbocycles. The van der Waals surface area contributed by atoms with Crippen LogP contribution in [0.4, 0.5) is 0 Å². The molecule has 0 radical (unpaired) electrons. The second-order valence-electron chi connectivity index (χ2n) is 3.89. The van der Waals surface area contributed by atoms with Crippen molar-refractivity contribution >= 4 is 22.6 Å². The van der Waals surface area contributed by atoms with Crippen LogP contribution >= 0.6 is 22.6 Å². The topological polar surface area (TPSA) is 58.9 Å². The third-order valence-electron chi connectivity index (χ3n) is 2.77. The van der Waals surface area contributed by atoms with Gasteiger partial charge in [-0.1, -0.05) is 0 Å². The van der Waals surface area contributed by atoms with Gasteiger partial charge in [-0.25, -0.2) is 0 Å². The van der Waals surface area contributed by atoms with E-state index in [9.17, 15) is 10.2 Å². The van der Waals surface area contributed by atoms with Gasteiger partial charge in [0.1, 0.15) is 23.0 Å². The van der Waals surface area contributed by atoms with Crippen LogP contribution in [0.5, 0.6) is 23.0 Å². The number of aromatic hydroxyl groups is 2. The molecule has 4 nitrogen and oxygen atoms in total. The SMILES string of the molecule is COc1ccc(O)c(-c2cc(OC)cc(I)c2O)c1. The average Bonchev–Trinajstić information content (AvgIpc) is 2.42. The van der Waals surface area contributed by atoms with E-state index in [1.165, 1.54) is 6.07 Å². The van der Waals surface area contributed by atoms with E-state index in [2.05, 4.69) is 0 Å². The van der Waals surface area contributed by atoms with Crippen LogP contribution in [-0.4, -0.2) is 24.4 Å². The Hall–Kier alpha value is -1.63. The van der Waals surface area contributed by atoms with Crippen LogP contribution in [0, 0.1) is 3.57 Å². The predicted molar refractivity (Wildman–Crippen MR) is 81.0 cm³/mol. The standard InChI is InChI=1S/C14H13IO4/c1-18-8-3-4-13(16)10(5-8)11-6-9(19-2)7-12(15)14(11)17/h3-7,16-17H,1-2H3. The lowest BCUT2D eigenvalue weighted by atomic mass is 10.0. The van der Waals surface area contributed by atoms with Crippen molar-refractivity contribution in [3.63, 3.8) is 0 Å². The van der Waals surface area contributed by atoms with Crippen LogP contribution in [0.15, 0.2) is 30.3 Å². The smallest absolute Gasteiger partial charge is 0.137 e. The summed E-state index contributed by atoms with van der Waals surface area (Å²) in [5.74, 6) is 1.38. The van der Waals surface area contributed by atoms with Crippen molar-refractivity contribution in [2.75, 3.05) is 14.2 Å². The molecule has 0 unspecified atom stereocenters. The van der Waals surface area contributed by atoms with Gasteiger partial charge in [0.05, 0.1) is 17.8 Å². The fraction of sp³-hybridized carbons (Fsp3) is 0.143. The molecule has 0 aliphatic heterocycles. The average molecular weight is 372 g/mol. The third-order valence-corrected chi connectivity index (χ3v) is 3.59. The number of ether oxygens (including phenoxy) is 2. The van der Waals surface area contributed by atoms with Crippen LogP contribution in [0.25, 0.3) is 11.1 Å². The summed E-state index contributed by atoms with van der Waals surface area (Å²) < 4.78 is 11.0. The van der Waals surface area contributed by atoms with Crippen molar-refractivity contribution in [1.82, 2.24) is 0 Å². The summed E-state index contributed by atoms with van der Waals surface area (Å²) in [4.78, 5) is 0. The molecule has 0 spiro atoms. The highest BCUT2D eigenvalue weighted by atomic mass is 127. The first-order chi connectivity index (χ1) is 9.06. The highest BCUT2D eigenvalue weighted by Gasteiger charge is 2.14. The number of methoxy groups -OCH3 is 2. The van der Waals surface area contributed by atoms with E-state index in [0.717, 1.165) is 0 Å². The van der Waals surface area contributed by atoms with Crippen LogP contribution in [0.1, 0.15) is 0 Å². The fourth-order valence-corrected chi connectivity index (χ4v) is 2.35. The quantitative estimate of drug-likeness (QED) is 0.812. The largest absolute Gasteiger partial charge is 0.507 e. The minimum atomic E-state index is 0.0696. The Kier molecular flexibility index (Phi) is 4.04. The molecule has 5 heteroatoms. The van der Waals surface area contributed by atoms with Gasteiger partial charge < -0.3 is 19.7 Å². The Morgan fingerprint density at radius 3 is 2.16 bits per heavy atom. The second-order valence-corrected chi connectivity index (χ2v) is 5.05. The number of benzene rings is 2. The fourth-order valence-electron chi connectivity index (χ4n) is 1.76. The van der Waals surface area contributed by atoms with Gasteiger partial charge in [-0.15, -0.1) is 0 Å². The maximum absolute atomic E-state index is 10.1. The Morgan fingerprint density at radius 2 is 1.53 bits per heavy atom. The van der Waals surface area contributed by atoms with E-state index >= 15 is 0 Å². The van der Waals surface area contributed by atoms with Crippen LogP contribution in [0.3, 0.4) is 0 Å². The number of rotatable bonds is 3. The predicted octanol–water partition coefficient (Wildman–Crippen LogP) is 3.39. The van der Waals surface area contributed by atoms with Gasteiger partial charge in [0.25, 0.3) is 0 Å². The molecule has 0 bridgehead atoms. The Bertz CT molecular complexity index is 611. The van der Waals surface area contributed by atoms with E-state index in [1.54, 1.807) is 38.5 Å². The molecule has 0 amide bonds. The van der Waals surface area contributed by atoms with Crippen molar-refractivity contribution in [3.05, 3.63) is 33.9 Å². The molecule has 100 valence electrons. The maximum atomic E-state index is 10.1. The van der Waals surface area contributed by atoms with Crippen molar-refractivity contribution in [3.8, 4) is 34.1 Å². The summed E-state index contributed by atoms with van der Waals surface area (Å²) >= 11 is 2.01. The summed E-state index contributed by atoms with van der Waals surface area (Å²) in [6.07, 6.45) is 0. The molecular formula is C14H13IO4. The van der Waals surface area contributed by atoms with E-state index in [1.807, 2.05) is 22.6 Å². The van der Waals surface area contributed by atoms with E-state index in [4.69, 9.17) is 9.47 Å². The van der Waals surface area contributed by atoms with Gasteiger partial charge in [-0.3, -0.25) is 0 Å². The Morgan fingerprint density at radius 1 is 0.895 bits per heavy atom. The highest BCUT2D eigenvalue weighted by Crippen LogP contribution is 2.41. The van der Waals surface area contributed by atoms with Gasteiger partial charge in [-0.2, -0.15) is 0 Å². The summed E-state index contributed by atoms with van der Waals surface area (Å²) in [5.41, 5.74) is 0.994. The molecule has 0 saturated carbocycles. The van der Waals surface area contributed by atoms with Gasteiger partial charge in [0, 0.05) is 11.1 Å². The Labute approximate surface area is 124 Å².